The van der Waals surface area contributed by atoms with Crippen molar-refractivity contribution >= 4 is 33.3 Å². The average molecular weight is 262 g/mol. The molecule has 94 valence electrons. The van der Waals surface area contributed by atoms with Crippen LogP contribution in [0.1, 0.15) is 12.8 Å². The van der Waals surface area contributed by atoms with Crippen molar-refractivity contribution < 1.29 is 4.79 Å². The van der Waals surface area contributed by atoms with Gasteiger partial charge in [0.2, 0.25) is 5.91 Å². The minimum absolute atomic E-state index is 0.181. The van der Waals surface area contributed by atoms with Gasteiger partial charge >= 0.3 is 0 Å². The van der Waals surface area contributed by atoms with Gasteiger partial charge < -0.3 is 10.6 Å². The third-order valence-electron chi connectivity index (χ3n) is 2.93. The Bertz CT molecular complexity index is 564. The largest absolute Gasteiger partial charge is 0.368 e. The summed E-state index contributed by atoms with van der Waals surface area (Å²) in [4.78, 5) is 20.8. The molecule has 5 nitrogen and oxygen atoms in total. The number of carbonyl (C=O) groups excluding carboxylic acids is 1. The van der Waals surface area contributed by atoms with Crippen molar-refractivity contribution in [2.75, 3.05) is 18.4 Å². The number of aromatic nitrogens is 2. The lowest BCUT2D eigenvalue weighted by molar-refractivity contribution is -0.122. The number of amides is 1. The van der Waals surface area contributed by atoms with Crippen LogP contribution in [0.5, 0.6) is 0 Å². The van der Waals surface area contributed by atoms with E-state index in [0.717, 1.165) is 28.9 Å². The average Bonchev–Trinajstić information content (AvgIpc) is 3.12. The highest BCUT2D eigenvalue weighted by molar-refractivity contribution is 7.16. The van der Waals surface area contributed by atoms with E-state index >= 15 is 0 Å². The van der Waals surface area contributed by atoms with Gasteiger partial charge in [-0.05, 0) is 24.3 Å². The SMILES string of the molecule is O=C(NCCNc1ncnc2sccc12)C1CC1. The summed E-state index contributed by atoms with van der Waals surface area (Å²) < 4.78 is 0. The third kappa shape index (κ3) is 2.43. The summed E-state index contributed by atoms with van der Waals surface area (Å²) in [6, 6.07) is 2.01. The lowest BCUT2D eigenvalue weighted by Gasteiger charge is -2.07. The molecule has 0 radical (unpaired) electrons. The van der Waals surface area contributed by atoms with E-state index in [4.69, 9.17) is 0 Å². The molecule has 6 heteroatoms. The number of fused-ring (bicyclic) bond motifs is 1. The Labute approximate surface area is 109 Å². The van der Waals surface area contributed by atoms with Gasteiger partial charge in [0, 0.05) is 19.0 Å². The Morgan fingerprint density at radius 1 is 1.39 bits per heavy atom. The van der Waals surface area contributed by atoms with Crippen LogP contribution in [0.2, 0.25) is 0 Å². The summed E-state index contributed by atoms with van der Waals surface area (Å²) in [5, 5.41) is 9.18. The monoisotopic (exact) mass is 262 g/mol. The van der Waals surface area contributed by atoms with Crippen molar-refractivity contribution in [3.63, 3.8) is 0 Å². The summed E-state index contributed by atoms with van der Waals surface area (Å²) >= 11 is 1.60. The Kier molecular flexibility index (Phi) is 3.10. The van der Waals surface area contributed by atoms with Crippen LogP contribution in [0.4, 0.5) is 5.82 Å². The van der Waals surface area contributed by atoms with Crippen LogP contribution in [-0.2, 0) is 4.79 Å². The summed E-state index contributed by atoms with van der Waals surface area (Å²) in [7, 11) is 0. The van der Waals surface area contributed by atoms with Crippen LogP contribution in [0.15, 0.2) is 17.8 Å². The molecular formula is C12H14N4OS. The van der Waals surface area contributed by atoms with E-state index < -0.39 is 0 Å². The number of hydrogen-bond acceptors (Lipinski definition) is 5. The van der Waals surface area contributed by atoms with E-state index in [1.54, 1.807) is 17.7 Å². The fraction of sp³-hybridized carbons (Fsp3) is 0.417. The predicted molar refractivity (Wildman–Crippen MR) is 71.6 cm³/mol. The van der Waals surface area contributed by atoms with E-state index in [9.17, 15) is 4.79 Å². The highest BCUT2D eigenvalue weighted by atomic mass is 32.1. The molecule has 2 N–H and O–H groups in total. The molecule has 0 bridgehead atoms. The second-order valence-corrected chi connectivity index (χ2v) is 5.25. The molecule has 1 fully saturated rings. The zero-order chi connectivity index (χ0) is 12.4. The number of carbonyl (C=O) groups is 1. The summed E-state index contributed by atoms with van der Waals surface area (Å²) in [6.45, 7) is 1.31. The predicted octanol–water partition coefficient (Wildman–Crippen LogP) is 1.63. The van der Waals surface area contributed by atoms with Gasteiger partial charge in [0.1, 0.15) is 17.0 Å². The van der Waals surface area contributed by atoms with Gasteiger partial charge in [0.05, 0.1) is 5.39 Å². The Balaban J connectivity index is 1.53. The van der Waals surface area contributed by atoms with Crippen LogP contribution < -0.4 is 10.6 Å². The second-order valence-electron chi connectivity index (χ2n) is 4.35. The molecule has 1 aliphatic rings. The smallest absolute Gasteiger partial charge is 0.223 e. The Morgan fingerprint density at radius 2 is 2.28 bits per heavy atom. The molecule has 18 heavy (non-hydrogen) atoms. The molecule has 0 aromatic carbocycles. The first-order valence-corrected chi connectivity index (χ1v) is 6.92. The molecule has 1 amide bonds. The van der Waals surface area contributed by atoms with Gasteiger partial charge in [-0.1, -0.05) is 0 Å². The van der Waals surface area contributed by atoms with Crippen molar-refractivity contribution in [3.8, 4) is 0 Å². The van der Waals surface area contributed by atoms with E-state index in [-0.39, 0.29) is 11.8 Å². The van der Waals surface area contributed by atoms with Gasteiger partial charge in [0.25, 0.3) is 0 Å². The lowest BCUT2D eigenvalue weighted by Crippen LogP contribution is -2.29. The fourth-order valence-electron chi connectivity index (χ4n) is 1.79. The number of anilines is 1. The minimum Gasteiger partial charge on any atom is -0.368 e. The molecule has 2 aromatic heterocycles. The van der Waals surface area contributed by atoms with Crippen molar-refractivity contribution in [1.29, 1.82) is 0 Å². The van der Waals surface area contributed by atoms with Crippen molar-refractivity contribution in [3.05, 3.63) is 17.8 Å². The van der Waals surface area contributed by atoms with Gasteiger partial charge in [-0.2, -0.15) is 0 Å². The Morgan fingerprint density at radius 3 is 3.11 bits per heavy atom. The highest BCUT2D eigenvalue weighted by Crippen LogP contribution is 2.28. The first kappa shape index (κ1) is 11.4. The lowest BCUT2D eigenvalue weighted by atomic mass is 10.3. The van der Waals surface area contributed by atoms with E-state index in [1.807, 2.05) is 11.4 Å². The summed E-state index contributed by atoms with van der Waals surface area (Å²) in [5.41, 5.74) is 0. The van der Waals surface area contributed by atoms with Crippen LogP contribution in [-0.4, -0.2) is 29.0 Å². The molecule has 0 atom stereocenters. The fourth-order valence-corrected chi connectivity index (χ4v) is 2.52. The molecule has 3 rings (SSSR count). The topological polar surface area (TPSA) is 66.9 Å². The van der Waals surface area contributed by atoms with E-state index in [1.165, 1.54) is 0 Å². The normalized spacial score (nSPS) is 14.7. The number of nitrogens with zero attached hydrogens (tertiary/aromatic N) is 2. The number of thiophene rings is 1. The molecule has 1 saturated carbocycles. The quantitative estimate of drug-likeness (QED) is 0.804. The molecule has 2 heterocycles. The number of rotatable bonds is 5. The van der Waals surface area contributed by atoms with Gasteiger partial charge in [-0.15, -0.1) is 11.3 Å². The van der Waals surface area contributed by atoms with Gasteiger partial charge in [-0.3, -0.25) is 4.79 Å². The van der Waals surface area contributed by atoms with E-state index in [2.05, 4.69) is 20.6 Å². The minimum atomic E-state index is 0.181. The maximum Gasteiger partial charge on any atom is 0.223 e. The van der Waals surface area contributed by atoms with Crippen LogP contribution in [0.25, 0.3) is 10.2 Å². The molecule has 0 aliphatic heterocycles. The summed E-state index contributed by atoms with van der Waals surface area (Å²) in [6.07, 6.45) is 3.64. The van der Waals surface area contributed by atoms with Gasteiger partial charge in [-0.25, -0.2) is 9.97 Å². The van der Waals surface area contributed by atoms with Crippen LogP contribution in [0.3, 0.4) is 0 Å². The van der Waals surface area contributed by atoms with Crippen LogP contribution >= 0.6 is 11.3 Å². The molecule has 0 unspecified atom stereocenters. The molecular weight excluding hydrogens is 248 g/mol. The third-order valence-corrected chi connectivity index (χ3v) is 3.75. The summed E-state index contributed by atoms with van der Waals surface area (Å²) in [5.74, 6) is 1.29. The first-order chi connectivity index (χ1) is 8.84. The van der Waals surface area contributed by atoms with Gasteiger partial charge in [0.15, 0.2) is 0 Å². The zero-order valence-corrected chi connectivity index (χ0v) is 10.7. The number of nitrogens with one attached hydrogen (secondary N) is 2. The second kappa shape index (κ2) is 4.89. The molecule has 0 spiro atoms. The zero-order valence-electron chi connectivity index (χ0n) is 9.85. The van der Waals surface area contributed by atoms with E-state index in [0.29, 0.717) is 13.1 Å². The maximum absolute atomic E-state index is 11.4. The standard InChI is InChI=1S/C12H14N4OS/c17-11(8-1-2-8)14-5-4-13-10-9-3-6-18-12(9)16-7-15-10/h3,6-8H,1-2,4-5H2,(H,14,17)(H,13,15,16). The molecule has 1 aliphatic carbocycles. The van der Waals surface area contributed by atoms with Crippen molar-refractivity contribution in [2.45, 2.75) is 12.8 Å². The maximum atomic E-state index is 11.4. The van der Waals surface area contributed by atoms with Crippen LogP contribution in [0, 0.1) is 5.92 Å². The highest BCUT2D eigenvalue weighted by Gasteiger charge is 2.28. The van der Waals surface area contributed by atoms with Crippen molar-refractivity contribution in [1.82, 2.24) is 15.3 Å². The first-order valence-electron chi connectivity index (χ1n) is 6.04. The Hall–Kier alpha value is -1.69. The van der Waals surface area contributed by atoms with Crippen molar-refractivity contribution in [2.24, 2.45) is 5.92 Å². The molecule has 2 aromatic rings. The molecule has 0 saturated heterocycles. The number of hydrogen-bond donors (Lipinski definition) is 2.